The van der Waals surface area contributed by atoms with E-state index in [1.807, 2.05) is 13.8 Å². The number of benzene rings is 1. The highest BCUT2D eigenvalue weighted by molar-refractivity contribution is 6.39. The van der Waals surface area contributed by atoms with Crippen molar-refractivity contribution >= 4 is 23.4 Å². The van der Waals surface area contributed by atoms with Gasteiger partial charge in [-0.25, -0.2) is 9.82 Å². The van der Waals surface area contributed by atoms with Gasteiger partial charge in [0.05, 0.1) is 12.7 Å². The summed E-state index contributed by atoms with van der Waals surface area (Å²) in [5.74, 6) is -0.859. The van der Waals surface area contributed by atoms with Crippen LogP contribution in [0.3, 0.4) is 0 Å². The van der Waals surface area contributed by atoms with Gasteiger partial charge in [0.15, 0.2) is 0 Å². The van der Waals surface area contributed by atoms with Crippen LogP contribution in [0.25, 0.3) is 0 Å². The van der Waals surface area contributed by atoms with Gasteiger partial charge in [-0.05, 0) is 23.6 Å². The molecule has 8 nitrogen and oxygen atoms in total. The number of ether oxygens (including phenoxy) is 1. The fraction of sp³-hybridized carbons (Fsp3) is 0.524. The Kier molecular flexibility index (Phi) is 7.15. The molecule has 0 unspecified atom stereocenters. The molecule has 0 bridgehead atoms. The summed E-state index contributed by atoms with van der Waals surface area (Å²) >= 11 is 0. The van der Waals surface area contributed by atoms with Crippen molar-refractivity contribution in [3.8, 4) is 0 Å². The third-order valence-electron chi connectivity index (χ3n) is 4.93. The van der Waals surface area contributed by atoms with E-state index in [-0.39, 0.29) is 67.7 Å². The zero-order valence-corrected chi connectivity index (χ0v) is 17.3. The van der Waals surface area contributed by atoms with Gasteiger partial charge in [-0.3, -0.25) is 14.4 Å². The van der Waals surface area contributed by atoms with E-state index in [1.54, 1.807) is 17.0 Å². The third-order valence-corrected chi connectivity index (χ3v) is 4.93. The van der Waals surface area contributed by atoms with Gasteiger partial charge in [0.25, 0.3) is 5.91 Å². The maximum Gasteiger partial charge on any atom is 0.270 e. The van der Waals surface area contributed by atoms with E-state index in [1.165, 1.54) is 17.0 Å². The lowest BCUT2D eigenvalue weighted by Crippen LogP contribution is -2.45. The minimum absolute atomic E-state index is 0.0711. The van der Waals surface area contributed by atoms with Gasteiger partial charge in [0, 0.05) is 32.5 Å². The second kappa shape index (κ2) is 9.80. The van der Waals surface area contributed by atoms with E-state index in [0.717, 1.165) is 0 Å². The maximum atomic E-state index is 13.5. The second-order valence-corrected chi connectivity index (χ2v) is 8.03. The number of rotatable bonds is 6. The van der Waals surface area contributed by atoms with E-state index in [4.69, 9.17) is 4.74 Å². The van der Waals surface area contributed by atoms with Crippen molar-refractivity contribution in [1.29, 1.82) is 0 Å². The summed E-state index contributed by atoms with van der Waals surface area (Å²) in [4.78, 5) is 40.1. The van der Waals surface area contributed by atoms with E-state index in [9.17, 15) is 18.8 Å². The first-order valence-corrected chi connectivity index (χ1v) is 10.1. The molecule has 1 aromatic rings. The van der Waals surface area contributed by atoms with Crippen LogP contribution in [0.1, 0.15) is 32.3 Å². The van der Waals surface area contributed by atoms with Crippen LogP contribution in [0.4, 0.5) is 4.39 Å². The van der Waals surface area contributed by atoms with Gasteiger partial charge in [0.2, 0.25) is 11.8 Å². The average molecular weight is 418 g/mol. The molecule has 3 rings (SSSR count). The number of hydrogen-bond donors (Lipinski definition) is 1. The molecule has 3 amide bonds. The molecule has 2 aliphatic rings. The number of hydrazone groups is 1. The molecular weight excluding hydrogens is 391 g/mol. The fourth-order valence-corrected chi connectivity index (χ4v) is 3.51. The van der Waals surface area contributed by atoms with Crippen LogP contribution in [0.2, 0.25) is 0 Å². The van der Waals surface area contributed by atoms with E-state index in [2.05, 4.69) is 10.5 Å². The Bertz CT molecular complexity index is 842. The van der Waals surface area contributed by atoms with Crippen molar-refractivity contribution < 1.29 is 23.5 Å². The first-order valence-electron chi connectivity index (χ1n) is 10.1. The topological polar surface area (TPSA) is 91.3 Å². The minimum Gasteiger partial charge on any atom is -0.370 e. The normalized spacial score (nSPS) is 20.1. The maximum absolute atomic E-state index is 13.5. The van der Waals surface area contributed by atoms with Crippen molar-refractivity contribution in [3.05, 3.63) is 35.6 Å². The zero-order valence-electron chi connectivity index (χ0n) is 17.3. The number of nitrogens with one attached hydrogen (secondary N) is 1. The van der Waals surface area contributed by atoms with Gasteiger partial charge in [-0.15, -0.1) is 0 Å². The molecule has 0 aromatic heterocycles. The number of nitrogens with zero attached hydrogens (tertiary/aromatic N) is 3. The summed E-state index contributed by atoms with van der Waals surface area (Å²) in [7, 11) is 0. The summed E-state index contributed by atoms with van der Waals surface area (Å²) < 4.78 is 19.4. The van der Waals surface area contributed by atoms with Crippen molar-refractivity contribution in [2.45, 2.75) is 39.4 Å². The summed E-state index contributed by atoms with van der Waals surface area (Å²) in [6.07, 6.45) is -0.00760. The third kappa shape index (κ3) is 5.85. The van der Waals surface area contributed by atoms with Crippen LogP contribution in [0, 0.1) is 11.7 Å². The molecule has 0 aliphatic carbocycles. The summed E-state index contributed by atoms with van der Waals surface area (Å²) in [6.45, 7) is 5.24. The quantitative estimate of drug-likeness (QED) is 0.754. The Labute approximate surface area is 175 Å². The molecule has 1 aromatic carbocycles. The predicted octanol–water partition coefficient (Wildman–Crippen LogP) is 1.30. The standard InChI is InChI=1S/C21H27FN4O4/c1-14(2)9-25-10-17(30-13-15-4-3-5-16(22)8-15)11-26(12-20(25)28)21(29)18-6-7-19(27)24-23-18/h3-5,8,14,17H,6-7,9-13H2,1-2H3,(H,24,27)/t17-/m0/s1. The van der Waals surface area contributed by atoms with E-state index in [0.29, 0.717) is 18.7 Å². The summed E-state index contributed by atoms with van der Waals surface area (Å²) in [5, 5.41) is 3.86. The summed E-state index contributed by atoms with van der Waals surface area (Å²) in [6, 6.07) is 6.14. The number of hydrogen-bond acceptors (Lipinski definition) is 5. The van der Waals surface area contributed by atoms with Crippen LogP contribution < -0.4 is 5.43 Å². The lowest BCUT2D eigenvalue weighted by molar-refractivity contribution is -0.136. The first kappa shape index (κ1) is 21.9. The van der Waals surface area contributed by atoms with Crippen molar-refractivity contribution in [3.63, 3.8) is 0 Å². The van der Waals surface area contributed by atoms with Crippen molar-refractivity contribution in [2.24, 2.45) is 11.0 Å². The van der Waals surface area contributed by atoms with Crippen LogP contribution in [0.15, 0.2) is 29.4 Å². The highest BCUT2D eigenvalue weighted by atomic mass is 19.1. The fourth-order valence-electron chi connectivity index (χ4n) is 3.51. The van der Waals surface area contributed by atoms with Crippen molar-refractivity contribution in [1.82, 2.24) is 15.2 Å². The second-order valence-electron chi connectivity index (χ2n) is 8.03. The largest absolute Gasteiger partial charge is 0.370 e. The van der Waals surface area contributed by atoms with Crippen LogP contribution in [-0.2, 0) is 25.7 Å². The molecule has 1 N–H and O–H groups in total. The monoisotopic (exact) mass is 418 g/mol. The number of carbonyl (C=O) groups is 3. The molecule has 0 radical (unpaired) electrons. The Balaban J connectivity index is 1.74. The van der Waals surface area contributed by atoms with Gasteiger partial charge < -0.3 is 14.5 Å². The first-order chi connectivity index (χ1) is 14.3. The Hall–Kier alpha value is -2.81. The summed E-state index contributed by atoms with van der Waals surface area (Å²) in [5.41, 5.74) is 3.22. The molecule has 1 fully saturated rings. The molecule has 0 saturated carbocycles. The molecule has 2 aliphatic heterocycles. The lowest BCUT2D eigenvalue weighted by atomic mass is 10.1. The van der Waals surface area contributed by atoms with E-state index >= 15 is 0 Å². The lowest BCUT2D eigenvalue weighted by Gasteiger charge is -2.26. The van der Waals surface area contributed by atoms with Crippen molar-refractivity contribution in [2.75, 3.05) is 26.2 Å². The molecule has 1 atom stereocenters. The molecule has 0 spiro atoms. The Morgan fingerprint density at radius 2 is 2.10 bits per heavy atom. The Morgan fingerprint density at radius 3 is 2.77 bits per heavy atom. The SMILES string of the molecule is CC(C)CN1C[C@H](OCc2cccc(F)c2)CN(C(=O)C2=NNC(=O)CC2)CC1=O. The molecule has 162 valence electrons. The van der Waals surface area contributed by atoms with E-state index < -0.39 is 6.10 Å². The molecular formula is C21H27FN4O4. The highest BCUT2D eigenvalue weighted by Crippen LogP contribution is 2.15. The molecule has 2 heterocycles. The number of amides is 3. The predicted molar refractivity (Wildman–Crippen MR) is 108 cm³/mol. The van der Waals surface area contributed by atoms with Crippen LogP contribution in [-0.4, -0.2) is 65.5 Å². The van der Waals surface area contributed by atoms with Crippen LogP contribution >= 0.6 is 0 Å². The number of carbonyl (C=O) groups excluding carboxylic acids is 3. The van der Waals surface area contributed by atoms with Crippen LogP contribution in [0.5, 0.6) is 0 Å². The van der Waals surface area contributed by atoms with Gasteiger partial charge in [-0.1, -0.05) is 26.0 Å². The number of halogens is 1. The van der Waals surface area contributed by atoms with Gasteiger partial charge in [-0.2, -0.15) is 5.10 Å². The Morgan fingerprint density at radius 1 is 1.30 bits per heavy atom. The average Bonchev–Trinajstić information content (AvgIpc) is 2.85. The smallest absolute Gasteiger partial charge is 0.270 e. The molecule has 1 saturated heterocycles. The molecule has 9 heteroatoms. The van der Waals surface area contributed by atoms with Gasteiger partial charge in [0.1, 0.15) is 18.1 Å². The highest BCUT2D eigenvalue weighted by Gasteiger charge is 2.33. The minimum atomic E-state index is -0.429. The zero-order chi connectivity index (χ0) is 21.7. The van der Waals surface area contributed by atoms with Gasteiger partial charge >= 0.3 is 0 Å². The molecule has 30 heavy (non-hydrogen) atoms.